The summed E-state index contributed by atoms with van der Waals surface area (Å²) in [7, 11) is 0. The number of carbonyl (C=O) groups is 2. The standard InChI is InChI=1S/C22H19NO4/c1-16(21(24)23-17-10-4-2-5-11-17)26-22(25)19-14-8-9-15-20(19)27-18-12-6-3-7-13-18/h2-16H,1H3,(H,23,24)/t16-/m1/s1. The lowest BCUT2D eigenvalue weighted by atomic mass is 10.2. The summed E-state index contributed by atoms with van der Waals surface area (Å²) < 4.78 is 11.1. The summed E-state index contributed by atoms with van der Waals surface area (Å²) in [6.45, 7) is 1.52. The maximum absolute atomic E-state index is 12.5. The van der Waals surface area contributed by atoms with Crippen LogP contribution in [0.15, 0.2) is 84.9 Å². The summed E-state index contributed by atoms with van der Waals surface area (Å²) in [5.41, 5.74) is 0.888. The van der Waals surface area contributed by atoms with Gasteiger partial charge in [-0.05, 0) is 43.3 Å². The number of benzene rings is 3. The van der Waals surface area contributed by atoms with E-state index in [0.717, 1.165) is 0 Å². The molecule has 5 heteroatoms. The topological polar surface area (TPSA) is 64.6 Å². The van der Waals surface area contributed by atoms with Gasteiger partial charge in [0.2, 0.25) is 0 Å². The first-order valence-corrected chi connectivity index (χ1v) is 8.52. The number of rotatable bonds is 6. The number of carbonyl (C=O) groups excluding carboxylic acids is 2. The van der Waals surface area contributed by atoms with Crippen molar-refractivity contribution >= 4 is 17.6 Å². The Morgan fingerprint density at radius 1 is 0.815 bits per heavy atom. The minimum Gasteiger partial charge on any atom is -0.456 e. The Morgan fingerprint density at radius 3 is 2.11 bits per heavy atom. The predicted octanol–water partition coefficient (Wildman–Crippen LogP) is 4.66. The first-order chi connectivity index (χ1) is 13.1. The Balaban J connectivity index is 1.68. The quantitative estimate of drug-likeness (QED) is 0.649. The van der Waals surface area contributed by atoms with Gasteiger partial charge < -0.3 is 14.8 Å². The highest BCUT2D eigenvalue weighted by Crippen LogP contribution is 2.26. The van der Waals surface area contributed by atoms with E-state index in [2.05, 4.69) is 5.32 Å². The van der Waals surface area contributed by atoms with E-state index < -0.39 is 18.0 Å². The molecular formula is C22H19NO4. The first-order valence-electron chi connectivity index (χ1n) is 8.52. The summed E-state index contributed by atoms with van der Waals surface area (Å²) in [6, 6.07) is 24.9. The third-order valence-corrected chi connectivity index (χ3v) is 3.77. The third kappa shape index (κ3) is 4.95. The number of ether oxygens (including phenoxy) is 2. The lowest BCUT2D eigenvalue weighted by Gasteiger charge is -2.15. The van der Waals surface area contributed by atoms with Gasteiger partial charge in [-0.2, -0.15) is 0 Å². The number of nitrogens with one attached hydrogen (secondary N) is 1. The van der Waals surface area contributed by atoms with Gasteiger partial charge in [-0.3, -0.25) is 4.79 Å². The molecule has 0 heterocycles. The van der Waals surface area contributed by atoms with Gasteiger partial charge in [0.1, 0.15) is 17.1 Å². The number of hydrogen-bond acceptors (Lipinski definition) is 4. The number of para-hydroxylation sites is 3. The van der Waals surface area contributed by atoms with E-state index in [1.54, 1.807) is 48.5 Å². The van der Waals surface area contributed by atoms with Gasteiger partial charge in [0.05, 0.1) is 0 Å². The maximum atomic E-state index is 12.5. The van der Waals surface area contributed by atoms with Crippen molar-refractivity contribution in [3.63, 3.8) is 0 Å². The zero-order chi connectivity index (χ0) is 19.1. The van der Waals surface area contributed by atoms with Gasteiger partial charge in [0.25, 0.3) is 5.91 Å². The molecule has 1 amide bonds. The fourth-order valence-corrected chi connectivity index (χ4v) is 2.38. The first kappa shape index (κ1) is 18.2. The van der Waals surface area contributed by atoms with Crippen LogP contribution in [-0.2, 0) is 9.53 Å². The summed E-state index contributed by atoms with van der Waals surface area (Å²) in [5, 5.41) is 2.71. The van der Waals surface area contributed by atoms with Crippen LogP contribution < -0.4 is 10.1 Å². The van der Waals surface area contributed by atoms with E-state index in [9.17, 15) is 9.59 Å². The number of amides is 1. The fourth-order valence-electron chi connectivity index (χ4n) is 2.38. The molecule has 0 saturated heterocycles. The van der Waals surface area contributed by atoms with E-state index in [-0.39, 0.29) is 5.56 Å². The summed E-state index contributed by atoms with van der Waals surface area (Å²) in [4.78, 5) is 24.8. The van der Waals surface area contributed by atoms with Crippen molar-refractivity contribution in [2.45, 2.75) is 13.0 Å². The van der Waals surface area contributed by atoms with Gasteiger partial charge in [0.15, 0.2) is 6.10 Å². The number of esters is 1. The maximum Gasteiger partial charge on any atom is 0.342 e. The highest BCUT2D eigenvalue weighted by molar-refractivity contribution is 5.98. The Hall–Kier alpha value is -3.60. The molecule has 0 aliphatic carbocycles. The SMILES string of the molecule is C[C@@H](OC(=O)c1ccccc1Oc1ccccc1)C(=O)Nc1ccccc1. The second-order valence-electron chi connectivity index (χ2n) is 5.81. The van der Waals surface area contributed by atoms with Crippen molar-refractivity contribution in [3.05, 3.63) is 90.5 Å². The zero-order valence-corrected chi connectivity index (χ0v) is 14.8. The zero-order valence-electron chi connectivity index (χ0n) is 14.8. The largest absolute Gasteiger partial charge is 0.456 e. The average molecular weight is 361 g/mol. The Labute approximate surface area is 157 Å². The van der Waals surface area contributed by atoms with Crippen LogP contribution >= 0.6 is 0 Å². The van der Waals surface area contributed by atoms with Crippen molar-refractivity contribution in [1.29, 1.82) is 0 Å². The van der Waals surface area contributed by atoms with Crippen LogP contribution in [0.4, 0.5) is 5.69 Å². The van der Waals surface area contributed by atoms with Crippen molar-refractivity contribution < 1.29 is 19.1 Å². The van der Waals surface area contributed by atoms with Crippen molar-refractivity contribution in [2.24, 2.45) is 0 Å². The number of hydrogen-bond donors (Lipinski definition) is 1. The van der Waals surface area contributed by atoms with E-state index >= 15 is 0 Å². The molecule has 5 nitrogen and oxygen atoms in total. The fraction of sp³-hybridized carbons (Fsp3) is 0.0909. The normalized spacial score (nSPS) is 11.3. The molecule has 0 aliphatic heterocycles. The minimum atomic E-state index is -0.956. The third-order valence-electron chi connectivity index (χ3n) is 3.77. The molecule has 0 saturated carbocycles. The molecule has 0 unspecified atom stereocenters. The Bertz CT molecular complexity index is 910. The van der Waals surface area contributed by atoms with Gasteiger partial charge in [-0.15, -0.1) is 0 Å². The lowest BCUT2D eigenvalue weighted by Crippen LogP contribution is -2.30. The second-order valence-corrected chi connectivity index (χ2v) is 5.81. The molecule has 27 heavy (non-hydrogen) atoms. The molecule has 3 rings (SSSR count). The van der Waals surface area contributed by atoms with Crippen LogP contribution in [0.25, 0.3) is 0 Å². The van der Waals surface area contributed by atoms with Crippen LogP contribution in [0.1, 0.15) is 17.3 Å². The molecule has 3 aromatic carbocycles. The molecule has 1 atom stereocenters. The highest BCUT2D eigenvalue weighted by Gasteiger charge is 2.21. The molecular weight excluding hydrogens is 342 g/mol. The lowest BCUT2D eigenvalue weighted by molar-refractivity contribution is -0.123. The molecule has 0 radical (unpaired) electrons. The molecule has 0 aromatic heterocycles. The van der Waals surface area contributed by atoms with Gasteiger partial charge >= 0.3 is 5.97 Å². The van der Waals surface area contributed by atoms with Crippen LogP contribution in [0.2, 0.25) is 0 Å². The van der Waals surface area contributed by atoms with E-state index in [0.29, 0.717) is 17.2 Å². The minimum absolute atomic E-state index is 0.251. The van der Waals surface area contributed by atoms with Gasteiger partial charge in [-0.1, -0.05) is 48.5 Å². The summed E-state index contributed by atoms with van der Waals surface area (Å²) in [5.74, 6) is -0.0646. The molecule has 0 aliphatic rings. The smallest absolute Gasteiger partial charge is 0.342 e. The van der Waals surface area contributed by atoms with E-state index in [4.69, 9.17) is 9.47 Å². The van der Waals surface area contributed by atoms with E-state index in [1.165, 1.54) is 6.92 Å². The highest BCUT2D eigenvalue weighted by atomic mass is 16.5. The molecule has 0 fully saturated rings. The van der Waals surface area contributed by atoms with Crippen LogP contribution in [-0.4, -0.2) is 18.0 Å². The number of anilines is 1. The summed E-state index contributed by atoms with van der Waals surface area (Å²) in [6.07, 6.45) is -0.956. The Kier molecular flexibility index (Phi) is 5.84. The van der Waals surface area contributed by atoms with Gasteiger partial charge in [-0.25, -0.2) is 4.79 Å². The molecule has 3 aromatic rings. The van der Waals surface area contributed by atoms with Crippen molar-refractivity contribution in [2.75, 3.05) is 5.32 Å². The summed E-state index contributed by atoms with van der Waals surface area (Å²) >= 11 is 0. The van der Waals surface area contributed by atoms with E-state index in [1.807, 2.05) is 36.4 Å². The molecule has 0 spiro atoms. The van der Waals surface area contributed by atoms with Gasteiger partial charge in [0, 0.05) is 5.69 Å². The Morgan fingerprint density at radius 2 is 1.41 bits per heavy atom. The van der Waals surface area contributed by atoms with Crippen LogP contribution in [0.3, 0.4) is 0 Å². The van der Waals surface area contributed by atoms with Crippen LogP contribution in [0.5, 0.6) is 11.5 Å². The monoisotopic (exact) mass is 361 g/mol. The van der Waals surface area contributed by atoms with Crippen LogP contribution in [0, 0.1) is 0 Å². The second kappa shape index (κ2) is 8.67. The molecule has 1 N–H and O–H groups in total. The predicted molar refractivity (Wildman–Crippen MR) is 103 cm³/mol. The molecule has 0 bridgehead atoms. The average Bonchev–Trinajstić information content (AvgIpc) is 2.70. The van der Waals surface area contributed by atoms with Crippen molar-refractivity contribution in [3.8, 4) is 11.5 Å². The van der Waals surface area contributed by atoms with Crippen molar-refractivity contribution in [1.82, 2.24) is 0 Å². The molecule has 136 valence electrons.